The summed E-state index contributed by atoms with van der Waals surface area (Å²) in [5, 5.41) is 2.83. The second-order valence-corrected chi connectivity index (χ2v) is 6.08. The highest BCUT2D eigenvalue weighted by molar-refractivity contribution is 5.91. The molecule has 0 aliphatic carbocycles. The van der Waals surface area contributed by atoms with Gasteiger partial charge in [0.25, 0.3) is 5.91 Å². The van der Waals surface area contributed by atoms with Crippen molar-refractivity contribution >= 4 is 11.9 Å². The number of rotatable bonds is 5. The van der Waals surface area contributed by atoms with Crippen LogP contribution in [-0.2, 0) is 9.53 Å². The number of amides is 1. The first-order valence-electron chi connectivity index (χ1n) is 7.97. The lowest BCUT2D eigenvalue weighted by Crippen LogP contribution is -2.31. The van der Waals surface area contributed by atoms with Gasteiger partial charge in [-0.25, -0.2) is 4.79 Å². The second-order valence-electron chi connectivity index (χ2n) is 6.08. The van der Waals surface area contributed by atoms with E-state index in [1.54, 1.807) is 12.1 Å². The molecule has 126 valence electrons. The Morgan fingerprint density at radius 3 is 2.29 bits per heavy atom. The molecule has 0 spiro atoms. The molecule has 0 unspecified atom stereocenters. The number of carbonyl (C=O) groups excluding carboxylic acids is 2. The number of benzene rings is 2. The summed E-state index contributed by atoms with van der Waals surface area (Å²) >= 11 is 0. The Balaban J connectivity index is 1.87. The molecule has 0 saturated heterocycles. The van der Waals surface area contributed by atoms with Gasteiger partial charge in [0.1, 0.15) is 0 Å². The van der Waals surface area contributed by atoms with E-state index in [1.807, 2.05) is 58.0 Å². The molecule has 0 saturated carbocycles. The minimum atomic E-state index is -0.490. The van der Waals surface area contributed by atoms with Gasteiger partial charge in [0.15, 0.2) is 6.61 Å². The Morgan fingerprint density at radius 1 is 1.00 bits per heavy atom. The van der Waals surface area contributed by atoms with Crippen LogP contribution in [0.15, 0.2) is 42.5 Å². The summed E-state index contributed by atoms with van der Waals surface area (Å²) in [7, 11) is 0. The predicted octanol–water partition coefficient (Wildman–Crippen LogP) is 3.65. The van der Waals surface area contributed by atoms with Crippen molar-refractivity contribution in [3.63, 3.8) is 0 Å². The van der Waals surface area contributed by atoms with E-state index in [2.05, 4.69) is 5.32 Å². The largest absolute Gasteiger partial charge is 0.452 e. The molecule has 0 heterocycles. The first-order chi connectivity index (χ1) is 11.4. The second kappa shape index (κ2) is 7.77. The highest BCUT2D eigenvalue weighted by Gasteiger charge is 2.13. The van der Waals surface area contributed by atoms with Crippen LogP contribution in [0, 0.1) is 20.8 Å². The maximum Gasteiger partial charge on any atom is 0.338 e. The molecule has 1 N–H and O–H groups in total. The van der Waals surface area contributed by atoms with Gasteiger partial charge < -0.3 is 10.1 Å². The van der Waals surface area contributed by atoms with Crippen LogP contribution < -0.4 is 5.32 Å². The van der Waals surface area contributed by atoms with Gasteiger partial charge in [-0.3, -0.25) is 4.79 Å². The van der Waals surface area contributed by atoms with Crippen LogP contribution in [0.5, 0.6) is 0 Å². The van der Waals surface area contributed by atoms with Crippen LogP contribution in [0.1, 0.15) is 45.6 Å². The summed E-state index contributed by atoms with van der Waals surface area (Å²) in [4.78, 5) is 24.0. The van der Waals surface area contributed by atoms with Gasteiger partial charge in [-0.2, -0.15) is 0 Å². The number of ether oxygens (including phenoxy) is 1. The molecule has 0 radical (unpaired) electrons. The zero-order valence-corrected chi connectivity index (χ0v) is 14.6. The van der Waals surface area contributed by atoms with E-state index in [-0.39, 0.29) is 18.6 Å². The van der Waals surface area contributed by atoms with Crippen LogP contribution in [0.4, 0.5) is 0 Å². The number of nitrogens with one attached hydrogen (secondary N) is 1. The molecule has 0 bridgehead atoms. The normalized spacial score (nSPS) is 11.7. The number of esters is 1. The minimum Gasteiger partial charge on any atom is -0.452 e. The molecule has 2 aromatic carbocycles. The van der Waals surface area contributed by atoms with Crippen LogP contribution in [0.2, 0.25) is 0 Å². The molecule has 0 fully saturated rings. The molecule has 24 heavy (non-hydrogen) atoms. The van der Waals surface area contributed by atoms with Crippen molar-refractivity contribution in [1.82, 2.24) is 5.32 Å². The summed E-state index contributed by atoms with van der Waals surface area (Å²) in [5.41, 5.74) is 4.75. The molecule has 2 aromatic rings. The van der Waals surface area contributed by atoms with E-state index in [0.29, 0.717) is 5.56 Å². The number of carbonyl (C=O) groups is 2. The molecule has 2 rings (SSSR count). The van der Waals surface area contributed by atoms with Crippen molar-refractivity contribution < 1.29 is 14.3 Å². The minimum absolute atomic E-state index is 0.140. The van der Waals surface area contributed by atoms with Crippen LogP contribution in [-0.4, -0.2) is 18.5 Å². The van der Waals surface area contributed by atoms with Crippen molar-refractivity contribution in [2.45, 2.75) is 33.7 Å². The molecule has 1 atom stereocenters. The number of aryl methyl sites for hydroxylation is 3. The highest BCUT2D eigenvalue weighted by Crippen LogP contribution is 2.13. The first kappa shape index (κ1) is 17.7. The lowest BCUT2D eigenvalue weighted by Gasteiger charge is -2.14. The Bertz CT molecular complexity index is 735. The average molecular weight is 325 g/mol. The van der Waals surface area contributed by atoms with E-state index in [4.69, 9.17) is 4.74 Å². The highest BCUT2D eigenvalue weighted by atomic mass is 16.5. The average Bonchev–Trinajstić information content (AvgIpc) is 2.55. The summed E-state index contributed by atoms with van der Waals surface area (Å²) in [6, 6.07) is 13.1. The van der Waals surface area contributed by atoms with Crippen LogP contribution in [0.25, 0.3) is 0 Å². The predicted molar refractivity (Wildman–Crippen MR) is 93.9 cm³/mol. The van der Waals surface area contributed by atoms with Gasteiger partial charge >= 0.3 is 5.97 Å². The summed E-state index contributed by atoms with van der Waals surface area (Å²) in [5.74, 6) is -0.809. The van der Waals surface area contributed by atoms with Crippen molar-refractivity contribution in [3.8, 4) is 0 Å². The third-order valence-corrected chi connectivity index (χ3v) is 4.03. The fraction of sp³-hybridized carbons (Fsp3) is 0.300. The molecule has 0 aromatic heterocycles. The number of hydrogen-bond donors (Lipinski definition) is 1. The van der Waals surface area contributed by atoms with Crippen LogP contribution in [0.3, 0.4) is 0 Å². The standard InChI is InChI=1S/C20H23NO3/c1-13-5-8-17(9-6-13)16(4)21-19(22)12-24-20(23)18-10-7-14(2)15(3)11-18/h5-11,16H,12H2,1-4H3,(H,21,22)/t16-/m1/s1. The van der Waals surface area contributed by atoms with E-state index < -0.39 is 5.97 Å². The lowest BCUT2D eigenvalue weighted by molar-refractivity contribution is -0.124. The molecule has 0 aliphatic heterocycles. The molecule has 1 amide bonds. The quantitative estimate of drug-likeness (QED) is 0.854. The Morgan fingerprint density at radius 2 is 1.67 bits per heavy atom. The van der Waals surface area contributed by atoms with E-state index in [0.717, 1.165) is 16.7 Å². The maximum atomic E-state index is 12.0. The molecule has 4 heteroatoms. The van der Waals surface area contributed by atoms with Gasteiger partial charge in [-0.05, 0) is 56.5 Å². The zero-order valence-electron chi connectivity index (χ0n) is 14.6. The monoisotopic (exact) mass is 325 g/mol. The van der Waals surface area contributed by atoms with E-state index >= 15 is 0 Å². The van der Waals surface area contributed by atoms with Crippen molar-refractivity contribution in [2.75, 3.05) is 6.61 Å². The van der Waals surface area contributed by atoms with Gasteiger partial charge in [-0.15, -0.1) is 0 Å². The smallest absolute Gasteiger partial charge is 0.338 e. The van der Waals surface area contributed by atoms with Crippen molar-refractivity contribution in [1.29, 1.82) is 0 Å². The number of hydrogen-bond acceptors (Lipinski definition) is 3. The third-order valence-electron chi connectivity index (χ3n) is 4.03. The zero-order chi connectivity index (χ0) is 17.7. The third kappa shape index (κ3) is 4.69. The Hall–Kier alpha value is -2.62. The summed E-state index contributed by atoms with van der Waals surface area (Å²) < 4.78 is 5.09. The van der Waals surface area contributed by atoms with Gasteiger partial charge in [0, 0.05) is 0 Å². The van der Waals surface area contributed by atoms with Crippen molar-refractivity contribution in [2.24, 2.45) is 0 Å². The van der Waals surface area contributed by atoms with Gasteiger partial charge in [0.2, 0.25) is 0 Å². The van der Waals surface area contributed by atoms with Crippen LogP contribution >= 0.6 is 0 Å². The first-order valence-corrected chi connectivity index (χ1v) is 7.97. The molecule has 0 aliphatic rings. The summed E-state index contributed by atoms with van der Waals surface area (Å²) in [6.45, 7) is 7.53. The fourth-order valence-electron chi connectivity index (χ4n) is 2.30. The maximum absolute atomic E-state index is 12.0. The van der Waals surface area contributed by atoms with E-state index in [1.165, 1.54) is 5.56 Å². The lowest BCUT2D eigenvalue weighted by atomic mass is 10.1. The van der Waals surface area contributed by atoms with Gasteiger partial charge in [0.05, 0.1) is 11.6 Å². The SMILES string of the molecule is Cc1ccc([C@@H](C)NC(=O)COC(=O)c2ccc(C)c(C)c2)cc1. The van der Waals surface area contributed by atoms with Gasteiger partial charge in [-0.1, -0.05) is 35.9 Å². The molecule has 4 nitrogen and oxygen atoms in total. The van der Waals surface area contributed by atoms with Crippen molar-refractivity contribution in [3.05, 3.63) is 70.3 Å². The Labute approximate surface area is 142 Å². The molecular weight excluding hydrogens is 302 g/mol. The Kier molecular flexibility index (Phi) is 5.74. The summed E-state index contributed by atoms with van der Waals surface area (Å²) in [6.07, 6.45) is 0. The fourth-order valence-corrected chi connectivity index (χ4v) is 2.30. The van der Waals surface area contributed by atoms with E-state index in [9.17, 15) is 9.59 Å². The molecular formula is C20H23NO3. The topological polar surface area (TPSA) is 55.4 Å².